The number of carboxylic acids is 1. The van der Waals surface area contributed by atoms with Gasteiger partial charge in [-0.1, -0.05) is 30.5 Å². The van der Waals surface area contributed by atoms with Crippen LogP contribution in [0, 0.1) is 5.41 Å². The van der Waals surface area contributed by atoms with Gasteiger partial charge in [-0.2, -0.15) is 0 Å². The summed E-state index contributed by atoms with van der Waals surface area (Å²) >= 11 is 0. The molecule has 1 atom stereocenters. The normalized spacial score (nSPS) is 18.5. The van der Waals surface area contributed by atoms with Crippen LogP contribution in [0.4, 0.5) is 0 Å². The van der Waals surface area contributed by atoms with Gasteiger partial charge in [-0.05, 0) is 31.9 Å². The lowest BCUT2D eigenvalue weighted by molar-refractivity contribution is -0.151. The molecule has 3 rings (SSSR count). The van der Waals surface area contributed by atoms with E-state index in [1.54, 1.807) is 10.9 Å². The lowest BCUT2D eigenvalue weighted by Crippen LogP contribution is -2.35. The molecule has 6 heteroatoms. The summed E-state index contributed by atoms with van der Waals surface area (Å²) < 4.78 is 1.76. The highest BCUT2D eigenvalue weighted by Crippen LogP contribution is 2.39. The fourth-order valence-corrected chi connectivity index (χ4v) is 3.38. The summed E-state index contributed by atoms with van der Waals surface area (Å²) in [6.45, 7) is 2.01. The zero-order chi connectivity index (χ0) is 16.3. The molecule has 0 saturated heterocycles. The molecule has 2 aromatic rings. The molecule has 122 valence electrons. The molecule has 2 aromatic heterocycles. The van der Waals surface area contributed by atoms with Gasteiger partial charge in [0.05, 0.1) is 22.8 Å². The minimum Gasteiger partial charge on any atom is -0.481 e. The Kier molecular flexibility index (Phi) is 4.41. The number of rotatable bonds is 5. The van der Waals surface area contributed by atoms with Crippen molar-refractivity contribution in [3.63, 3.8) is 0 Å². The smallest absolute Gasteiger partial charge is 0.310 e. The molecule has 1 aliphatic rings. The van der Waals surface area contributed by atoms with E-state index in [1.807, 2.05) is 31.3 Å². The van der Waals surface area contributed by atoms with Crippen LogP contribution in [-0.2, 0) is 11.2 Å². The molecule has 0 aromatic carbocycles. The monoisotopic (exact) mass is 314 g/mol. The zero-order valence-corrected chi connectivity index (χ0v) is 13.4. The van der Waals surface area contributed by atoms with Crippen LogP contribution in [0.2, 0.25) is 0 Å². The van der Waals surface area contributed by atoms with Crippen molar-refractivity contribution < 1.29 is 9.90 Å². The molecule has 0 aliphatic heterocycles. The minimum atomic E-state index is -0.704. The van der Waals surface area contributed by atoms with Gasteiger partial charge in [-0.15, -0.1) is 5.10 Å². The van der Waals surface area contributed by atoms with Gasteiger partial charge in [0.1, 0.15) is 0 Å². The van der Waals surface area contributed by atoms with E-state index in [2.05, 4.69) is 15.3 Å². The third-order valence-electron chi connectivity index (χ3n) is 4.85. The Bertz CT molecular complexity index is 662. The van der Waals surface area contributed by atoms with Crippen molar-refractivity contribution in [3.05, 3.63) is 42.0 Å². The van der Waals surface area contributed by atoms with Gasteiger partial charge in [0.25, 0.3) is 0 Å². The number of carboxylic acid groups (broad SMARTS) is 1. The predicted octanol–water partition coefficient (Wildman–Crippen LogP) is 2.86. The van der Waals surface area contributed by atoms with Gasteiger partial charge >= 0.3 is 5.97 Å². The highest BCUT2D eigenvalue weighted by molar-refractivity contribution is 5.75. The quantitative estimate of drug-likeness (QED) is 0.917. The van der Waals surface area contributed by atoms with Crippen LogP contribution >= 0.6 is 0 Å². The van der Waals surface area contributed by atoms with Crippen molar-refractivity contribution in [1.82, 2.24) is 20.0 Å². The number of nitrogens with zero attached hydrogens (tertiary/aromatic N) is 4. The Morgan fingerprint density at radius 1 is 1.35 bits per heavy atom. The third-order valence-corrected chi connectivity index (χ3v) is 4.85. The molecule has 1 unspecified atom stereocenters. The first-order chi connectivity index (χ1) is 11.1. The van der Waals surface area contributed by atoms with Gasteiger partial charge in [0.2, 0.25) is 0 Å². The lowest BCUT2D eigenvalue weighted by Gasteiger charge is -2.32. The lowest BCUT2D eigenvalue weighted by atomic mass is 9.71. The molecule has 6 nitrogen and oxygen atoms in total. The maximum absolute atomic E-state index is 11.8. The van der Waals surface area contributed by atoms with E-state index in [9.17, 15) is 9.90 Å². The van der Waals surface area contributed by atoms with Crippen molar-refractivity contribution >= 4 is 5.97 Å². The van der Waals surface area contributed by atoms with Crippen LogP contribution in [0.1, 0.15) is 56.5 Å². The maximum atomic E-state index is 11.8. The average Bonchev–Trinajstić information content (AvgIpc) is 3.04. The minimum absolute atomic E-state index is 0.0235. The summed E-state index contributed by atoms with van der Waals surface area (Å²) in [7, 11) is 0. The van der Waals surface area contributed by atoms with Crippen LogP contribution in [-0.4, -0.2) is 31.1 Å². The SMILES string of the molecule is CC(c1ccccn1)n1cc(CC2(C(=O)O)CCCCC2)nn1. The van der Waals surface area contributed by atoms with Crippen molar-refractivity contribution in [3.8, 4) is 0 Å². The average molecular weight is 314 g/mol. The standard InChI is InChI=1S/C17H22N4O2/c1-13(15-7-3-6-10-18-15)21-12-14(19-20-21)11-17(16(22)23)8-4-2-5-9-17/h3,6-7,10,12-13H,2,4-5,8-9,11H2,1H3,(H,22,23). The summed E-state index contributed by atoms with van der Waals surface area (Å²) in [6, 6.07) is 5.75. The Labute approximate surface area is 135 Å². The van der Waals surface area contributed by atoms with Gasteiger partial charge in [-0.3, -0.25) is 9.78 Å². The van der Waals surface area contributed by atoms with E-state index in [-0.39, 0.29) is 6.04 Å². The summed E-state index contributed by atoms with van der Waals surface area (Å²) in [5, 5.41) is 18.1. The summed E-state index contributed by atoms with van der Waals surface area (Å²) in [5.74, 6) is -0.704. The fourth-order valence-electron chi connectivity index (χ4n) is 3.38. The van der Waals surface area contributed by atoms with E-state index in [0.29, 0.717) is 6.42 Å². The fraction of sp³-hybridized carbons (Fsp3) is 0.529. The molecule has 1 saturated carbocycles. The van der Waals surface area contributed by atoms with Crippen molar-refractivity contribution in [2.45, 2.75) is 51.5 Å². The second-order valence-corrected chi connectivity index (χ2v) is 6.44. The molecule has 1 fully saturated rings. The molecule has 1 aliphatic carbocycles. The van der Waals surface area contributed by atoms with Crippen LogP contribution in [0.25, 0.3) is 0 Å². The second-order valence-electron chi connectivity index (χ2n) is 6.44. The molecule has 0 amide bonds. The van der Waals surface area contributed by atoms with E-state index in [4.69, 9.17) is 0 Å². The van der Waals surface area contributed by atoms with Crippen molar-refractivity contribution in [2.75, 3.05) is 0 Å². The van der Waals surface area contributed by atoms with Crippen LogP contribution in [0.3, 0.4) is 0 Å². The van der Waals surface area contributed by atoms with Gasteiger partial charge in [0.15, 0.2) is 0 Å². The Balaban J connectivity index is 1.77. The summed E-state index contributed by atoms with van der Waals surface area (Å²) in [6.07, 6.45) is 8.60. The van der Waals surface area contributed by atoms with E-state index >= 15 is 0 Å². The maximum Gasteiger partial charge on any atom is 0.310 e. The van der Waals surface area contributed by atoms with Crippen LogP contribution < -0.4 is 0 Å². The predicted molar refractivity (Wildman–Crippen MR) is 84.9 cm³/mol. The molecule has 0 bridgehead atoms. The van der Waals surface area contributed by atoms with Gasteiger partial charge in [0, 0.05) is 18.8 Å². The largest absolute Gasteiger partial charge is 0.481 e. The zero-order valence-electron chi connectivity index (χ0n) is 13.4. The molecule has 0 radical (unpaired) electrons. The van der Waals surface area contributed by atoms with Crippen LogP contribution in [0.5, 0.6) is 0 Å². The first-order valence-electron chi connectivity index (χ1n) is 8.16. The molecule has 2 heterocycles. The van der Waals surface area contributed by atoms with E-state index in [0.717, 1.165) is 43.5 Å². The Hall–Kier alpha value is -2.24. The van der Waals surface area contributed by atoms with Crippen LogP contribution in [0.15, 0.2) is 30.6 Å². The number of hydrogen-bond donors (Lipinski definition) is 1. The summed E-state index contributed by atoms with van der Waals surface area (Å²) in [5.41, 5.74) is 0.986. The molecule has 23 heavy (non-hydrogen) atoms. The van der Waals surface area contributed by atoms with E-state index in [1.165, 1.54) is 0 Å². The first-order valence-corrected chi connectivity index (χ1v) is 8.16. The topological polar surface area (TPSA) is 80.9 Å². The van der Waals surface area contributed by atoms with E-state index < -0.39 is 11.4 Å². The molecular weight excluding hydrogens is 292 g/mol. The Morgan fingerprint density at radius 3 is 2.78 bits per heavy atom. The number of pyridine rings is 1. The number of aromatic nitrogens is 4. The molecule has 0 spiro atoms. The van der Waals surface area contributed by atoms with Crippen molar-refractivity contribution in [2.24, 2.45) is 5.41 Å². The highest BCUT2D eigenvalue weighted by Gasteiger charge is 2.40. The summed E-state index contributed by atoms with van der Waals surface area (Å²) in [4.78, 5) is 16.1. The first kappa shape index (κ1) is 15.6. The van der Waals surface area contributed by atoms with Gasteiger partial charge < -0.3 is 5.11 Å². The molecule has 1 N–H and O–H groups in total. The molecular formula is C17H22N4O2. The highest BCUT2D eigenvalue weighted by atomic mass is 16.4. The number of hydrogen-bond acceptors (Lipinski definition) is 4. The number of carbonyl (C=O) groups is 1. The number of aliphatic carboxylic acids is 1. The second kappa shape index (κ2) is 6.48. The van der Waals surface area contributed by atoms with Crippen molar-refractivity contribution in [1.29, 1.82) is 0 Å². The van der Waals surface area contributed by atoms with Gasteiger partial charge in [-0.25, -0.2) is 4.68 Å². The Morgan fingerprint density at radius 2 is 2.13 bits per heavy atom. The third kappa shape index (κ3) is 3.25.